The summed E-state index contributed by atoms with van der Waals surface area (Å²) < 4.78 is 14.0. The van der Waals surface area contributed by atoms with E-state index in [0.29, 0.717) is 19.5 Å². The highest BCUT2D eigenvalue weighted by atomic mass is 19.1. The van der Waals surface area contributed by atoms with E-state index in [4.69, 9.17) is 5.73 Å². The highest BCUT2D eigenvalue weighted by Crippen LogP contribution is 2.46. The minimum absolute atomic E-state index is 0.0664. The van der Waals surface area contributed by atoms with E-state index in [-0.39, 0.29) is 23.0 Å². The van der Waals surface area contributed by atoms with Crippen molar-refractivity contribution >= 4 is 22.7 Å². The van der Waals surface area contributed by atoms with Crippen LogP contribution in [0.5, 0.6) is 0 Å². The van der Waals surface area contributed by atoms with Crippen LogP contribution in [0, 0.1) is 5.82 Å². The number of para-hydroxylation sites is 1. The maximum atomic E-state index is 14.0. The Bertz CT molecular complexity index is 1270. The van der Waals surface area contributed by atoms with Gasteiger partial charge < -0.3 is 20.9 Å². The number of amides is 2. The molecule has 1 atom stereocenters. The number of hydrogen-bond donors (Lipinski definition) is 3. The third kappa shape index (κ3) is 4.45. The second kappa shape index (κ2) is 8.79. The molecule has 0 bridgehead atoms. The van der Waals surface area contributed by atoms with E-state index in [2.05, 4.69) is 10.3 Å². The number of hydrogen-bond acceptors (Lipinski definition) is 3. The number of aromatic amines is 1. The molecule has 2 aromatic carbocycles. The Morgan fingerprint density at radius 3 is 2.66 bits per heavy atom. The van der Waals surface area contributed by atoms with Crippen molar-refractivity contribution in [2.45, 2.75) is 62.9 Å². The molecule has 0 radical (unpaired) electrons. The minimum atomic E-state index is -1.09. The molecule has 7 heteroatoms. The smallest absolute Gasteiger partial charge is 0.245 e. The van der Waals surface area contributed by atoms with Gasteiger partial charge >= 0.3 is 0 Å². The Morgan fingerprint density at radius 1 is 1.17 bits per heavy atom. The molecule has 1 fully saturated rings. The van der Waals surface area contributed by atoms with Crippen LogP contribution in [0.15, 0.2) is 48.7 Å². The molecular formula is C28H33FN4O2. The Morgan fingerprint density at radius 2 is 1.91 bits per heavy atom. The van der Waals surface area contributed by atoms with Crippen LogP contribution >= 0.6 is 0 Å². The zero-order valence-electron chi connectivity index (χ0n) is 20.4. The fraction of sp³-hybridized carbons (Fsp3) is 0.429. The second-order valence-electron chi connectivity index (χ2n) is 10.7. The maximum Gasteiger partial charge on any atom is 0.245 e. The van der Waals surface area contributed by atoms with Gasteiger partial charge in [-0.2, -0.15) is 0 Å². The van der Waals surface area contributed by atoms with E-state index in [1.165, 1.54) is 11.6 Å². The molecule has 1 aliphatic carbocycles. The molecule has 1 saturated heterocycles. The van der Waals surface area contributed by atoms with E-state index in [9.17, 15) is 14.0 Å². The van der Waals surface area contributed by atoms with Gasteiger partial charge in [-0.25, -0.2) is 4.39 Å². The molecule has 1 aromatic heterocycles. The van der Waals surface area contributed by atoms with E-state index < -0.39 is 11.6 Å². The van der Waals surface area contributed by atoms with Crippen LogP contribution in [0.3, 0.4) is 0 Å². The fourth-order valence-corrected chi connectivity index (χ4v) is 5.73. The Balaban J connectivity index is 1.35. The number of H-pyrrole nitrogens is 1. The van der Waals surface area contributed by atoms with Gasteiger partial charge in [-0.15, -0.1) is 0 Å². The number of nitrogens with zero attached hydrogens (tertiary/aromatic N) is 1. The summed E-state index contributed by atoms with van der Waals surface area (Å²) in [5.41, 5.74) is 9.17. The lowest BCUT2D eigenvalue weighted by atomic mass is 9.73. The van der Waals surface area contributed by atoms with Crippen molar-refractivity contribution in [1.29, 1.82) is 0 Å². The lowest BCUT2D eigenvalue weighted by Crippen LogP contribution is -2.58. The van der Waals surface area contributed by atoms with Gasteiger partial charge in [-0.1, -0.05) is 24.3 Å². The van der Waals surface area contributed by atoms with Crippen molar-refractivity contribution in [2.75, 3.05) is 13.1 Å². The molecule has 2 aliphatic rings. The number of fused-ring (bicyclic) bond motifs is 3. The number of carbonyl (C=O) groups excluding carboxylic acids is 2. The number of aromatic nitrogens is 1. The molecule has 2 heterocycles. The first-order chi connectivity index (χ1) is 16.7. The number of piperidine rings is 1. The highest BCUT2D eigenvalue weighted by Gasteiger charge is 2.43. The lowest BCUT2D eigenvalue weighted by Gasteiger charge is -2.41. The Labute approximate surface area is 205 Å². The normalized spacial score (nSPS) is 18.0. The Hall–Kier alpha value is -3.19. The summed E-state index contributed by atoms with van der Waals surface area (Å²) in [7, 11) is 0. The lowest BCUT2D eigenvalue weighted by molar-refractivity contribution is -0.138. The monoisotopic (exact) mass is 476 g/mol. The first-order valence-electron chi connectivity index (χ1n) is 12.4. The predicted octanol–water partition coefficient (Wildman–Crippen LogP) is 3.58. The van der Waals surface area contributed by atoms with Crippen molar-refractivity contribution in [1.82, 2.24) is 15.2 Å². The number of halogens is 1. The topological polar surface area (TPSA) is 91.2 Å². The molecule has 6 nitrogen and oxygen atoms in total. The molecule has 184 valence electrons. The third-order valence-corrected chi connectivity index (χ3v) is 7.84. The van der Waals surface area contributed by atoms with Crippen LogP contribution in [0.1, 0.15) is 49.8 Å². The summed E-state index contributed by atoms with van der Waals surface area (Å²) in [6.07, 6.45) is 5.82. The summed E-state index contributed by atoms with van der Waals surface area (Å²) in [6.45, 7) is 4.44. The number of aryl methyl sites for hydroxylation is 1. The molecule has 5 rings (SSSR count). The molecule has 2 amide bonds. The molecule has 0 unspecified atom stereocenters. The SMILES string of the molecule is CC(C)(N)C(=O)N[C@H](Cc1c[nH]c2ccccc12)C(=O)N1CCC2(CCc3ccc(F)cc32)CC1. The van der Waals surface area contributed by atoms with Gasteiger partial charge in [-0.05, 0) is 79.8 Å². The third-order valence-electron chi connectivity index (χ3n) is 7.84. The zero-order chi connectivity index (χ0) is 24.8. The van der Waals surface area contributed by atoms with Crippen molar-refractivity contribution in [3.8, 4) is 0 Å². The highest BCUT2D eigenvalue weighted by molar-refractivity contribution is 5.92. The summed E-state index contributed by atoms with van der Waals surface area (Å²) in [5, 5.41) is 3.96. The van der Waals surface area contributed by atoms with Crippen molar-refractivity contribution in [2.24, 2.45) is 5.73 Å². The first-order valence-corrected chi connectivity index (χ1v) is 12.4. The number of benzene rings is 2. The van der Waals surface area contributed by atoms with Crippen LogP contribution in [0.25, 0.3) is 10.9 Å². The van der Waals surface area contributed by atoms with E-state index in [1.807, 2.05) is 41.4 Å². The fourth-order valence-electron chi connectivity index (χ4n) is 5.73. The van der Waals surface area contributed by atoms with Gasteiger partial charge in [0.05, 0.1) is 5.54 Å². The molecular weight excluding hydrogens is 443 g/mol. The van der Waals surface area contributed by atoms with Crippen LogP contribution in [-0.2, 0) is 27.8 Å². The summed E-state index contributed by atoms with van der Waals surface area (Å²) in [4.78, 5) is 31.6. The van der Waals surface area contributed by atoms with Gasteiger partial charge in [0.2, 0.25) is 11.8 Å². The van der Waals surface area contributed by atoms with Crippen molar-refractivity contribution in [3.63, 3.8) is 0 Å². The van der Waals surface area contributed by atoms with Crippen LogP contribution in [0.2, 0.25) is 0 Å². The number of nitrogens with one attached hydrogen (secondary N) is 2. The maximum absolute atomic E-state index is 14.0. The predicted molar refractivity (Wildman–Crippen MR) is 134 cm³/mol. The summed E-state index contributed by atoms with van der Waals surface area (Å²) in [6, 6.07) is 12.3. The van der Waals surface area contributed by atoms with Gasteiger partial charge in [0.1, 0.15) is 11.9 Å². The first kappa shape index (κ1) is 23.5. The molecule has 35 heavy (non-hydrogen) atoms. The standard InChI is InChI=1S/C28H33FN4O2/c1-27(2,30)26(35)32-24(15-19-17-31-23-6-4-3-5-21(19)23)25(34)33-13-11-28(12-14-33)10-9-18-7-8-20(29)16-22(18)28/h3-8,16-17,24,31H,9-15,30H2,1-2H3,(H,32,35)/t24-/m1/s1. The van der Waals surface area contributed by atoms with Crippen LogP contribution in [-0.4, -0.2) is 46.4 Å². The quantitative estimate of drug-likeness (QED) is 0.526. The summed E-state index contributed by atoms with van der Waals surface area (Å²) >= 11 is 0. The van der Waals surface area contributed by atoms with Gasteiger partial charge in [0, 0.05) is 36.6 Å². The molecule has 3 aromatic rings. The minimum Gasteiger partial charge on any atom is -0.361 e. The second-order valence-corrected chi connectivity index (χ2v) is 10.7. The number of nitrogens with two attached hydrogens (primary N) is 1. The van der Waals surface area contributed by atoms with Crippen molar-refractivity contribution < 1.29 is 14.0 Å². The van der Waals surface area contributed by atoms with Crippen LogP contribution in [0.4, 0.5) is 4.39 Å². The molecule has 0 saturated carbocycles. The molecule has 1 aliphatic heterocycles. The van der Waals surface area contributed by atoms with Crippen LogP contribution < -0.4 is 11.1 Å². The van der Waals surface area contributed by atoms with E-state index in [1.54, 1.807) is 19.9 Å². The van der Waals surface area contributed by atoms with Gasteiger partial charge in [-0.3, -0.25) is 9.59 Å². The molecule has 4 N–H and O–H groups in total. The van der Waals surface area contributed by atoms with E-state index >= 15 is 0 Å². The average molecular weight is 477 g/mol. The van der Waals surface area contributed by atoms with E-state index in [0.717, 1.165) is 47.7 Å². The molecule has 1 spiro atoms. The Kier molecular flexibility index (Phi) is 5.91. The average Bonchev–Trinajstić information content (AvgIpc) is 3.40. The van der Waals surface area contributed by atoms with Gasteiger partial charge in [0.15, 0.2) is 0 Å². The number of carbonyl (C=O) groups is 2. The number of rotatable bonds is 5. The van der Waals surface area contributed by atoms with Gasteiger partial charge in [0.25, 0.3) is 0 Å². The van der Waals surface area contributed by atoms with Crippen molar-refractivity contribution in [3.05, 3.63) is 71.2 Å². The zero-order valence-corrected chi connectivity index (χ0v) is 20.4. The number of likely N-dealkylation sites (tertiary alicyclic amines) is 1. The summed E-state index contributed by atoms with van der Waals surface area (Å²) in [5.74, 6) is -0.654. The largest absolute Gasteiger partial charge is 0.361 e.